The van der Waals surface area contributed by atoms with Crippen LogP contribution in [0.4, 0.5) is 0 Å². The lowest BCUT2D eigenvalue weighted by Gasteiger charge is -2.72. The molecular weight excluding hydrogens is 729 g/mol. The molecule has 7 aliphatic rings. The van der Waals surface area contributed by atoms with Crippen LogP contribution in [-0.4, -0.2) is 51.8 Å². The van der Waals surface area contributed by atoms with E-state index in [1.807, 2.05) is 32.9 Å². The standard InChI is InChI=1S/C49H68N2O7/c1-27(2)37-33(52)26-49(51-42(57)48(23-24-48)50-39(53)29-13-11-28(3)12-14-29)22-21-46(9)30(38(37)49)15-16-35-45(8)19-18-36(44(6,7)34(45)17-20-47(35,46)10)58-41(56)32-25-31(40(54)55)43(32,4)5/h11-14,27,30-32,34-36H,15-26H2,1-10H3,(H,50,53)(H,51,57)(H,54,55)/t30-,31+,32-,34+,35-,36+,45+,46-,47-,49-/m1/s1. The lowest BCUT2D eigenvalue weighted by molar-refractivity contribution is -0.235. The van der Waals surface area contributed by atoms with Gasteiger partial charge in [-0.2, -0.15) is 0 Å². The quantitative estimate of drug-likeness (QED) is 0.224. The number of carboxylic acids is 1. The highest BCUT2D eigenvalue weighted by Gasteiger charge is 2.71. The van der Waals surface area contributed by atoms with Gasteiger partial charge in [0.2, 0.25) is 5.91 Å². The highest BCUT2D eigenvalue weighted by molar-refractivity contribution is 6.04. The number of ether oxygens (including phenoxy) is 1. The number of fused-ring (bicyclic) bond motifs is 7. The van der Waals surface area contributed by atoms with Crippen LogP contribution < -0.4 is 10.6 Å². The van der Waals surface area contributed by atoms with E-state index in [0.29, 0.717) is 49.5 Å². The average Bonchev–Trinajstić information content (AvgIpc) is 3.85. The number of Topliss-reactive ketones (excluding diaryl/α,β-unsaturated/α-hetero) is 1. The van der Waals surface area contributed by atoms with Crippen molar-refractivity contribution < 1.29 is 33.8 Å². The topological polar surface area (TPSA) is 139 Å². The Balaban J connectivity index is 1.04. The number of allylic oxidation sites excluding steroid dienone is 1. The third-order valence-corrected chi connectivity index (χ3v) is 18.7. The Morgan fingerprint density at radius 2 is 1.43 bits per heavy atom. The van der Waals surface area contributed by atoms with E-state index in [1.54, 1.807) is 12.1 Å². The first-order chi connectivity index (χ1) is 27.0. The zero-order chi connectivity index (χ0) is 42.2. The Morgan fingerprint density at radius 3 is 2.03 bits per heavy atom. The number of esters is 1. The van der Waals surface area contributed by atoms with Crippen LogP contribution in [0.3, 0.4) is 0 Å². The van der Waals surface area contributed by atoms with Gasteiger partial charge in [0.25, 0.3) is 5.91 Å². The molecule has 0 aromatic heterocycles. The van der Waals surface area contributed by atoms with Crippen LogP contribution in [0, 0.1) is 69.5 Å². The molecule has 9 nitrogen and oxygen atoms in total. The molecule has 3 N–H and O–H groups in total. The number of carbonyl (C=O) groups excluding carboxylic acids is 4. The smallest absolute Gasteiger partial charge is 0.309 e. The number of carbonyl (C=O) groups is 5. The number of rotatable bonds is 8. The van der Waals surface area contributed by atoms with E-state index in [9.17, 15) is 29.1 Å². The summed E-state index contributed by atoms with van der Waals surface area (Å²) in [6.07, 6.45) is 9.05. The molecule has 0 heterocycles. The van der Waals surface area contributed by atoms with Crippen LogP contribution in [0.5, 0.6) is 0 Å². The summed E-state index contributed by atoms with van der Waals surface area (Å²) in [4.78, 5) is 67.4. The van der Waals surface area contributed by atoms with Gasteiger partial charge in [0.15, 0.2) is 5.78 Å². The van der Waals surface area contributed by atoms with Crippen LogP contribution in [-0.2, 0) is 23.9 Å². The Kier molecular flexibility index (Phi) is 9.43. The summed E-state index contributed by atoms with van der Waals surface area (Å²) < 4.78 is 6.42. The van der Waals surface area contributed by atoms with E-state index in [4.69, 9.17) is 4.74 Å². The van der Waals surface area contributed by atoms with Gasteiger partial charge in [-0.3, -0.25) is 24.0 Å². The number of ketones is 1. The van der Waals surface area contributed by atoms with E-state index < -0.39 is 34.3 Å². The maximum Gasteiger partial charge on any atom is 0.309 e. The molecule has 0 spiro atoms. The fourth-order valence-corrected chi connectivity index (χ4v) is 14.8. The fraction of sp³-hybridized carbons (Fsp3) is 0.735. The third-order valence-electron chi connectivity index (χ3n) is 18.7. The Morgan fingerprint density at radius 1 is 0.759 bits per heavy atom. The van der Waals surface area contributed by atoms with E-state index in [0.717, 1.165) is 56.1 Å². The maximum atomic E-state index is 14.4. The first-order valence-electron chi connectivity index (χ1n) is 22.4. The van der Waals surface area contributed by atoms with Gasteiger partial charge in [-0.1, -0.05) is 80.0 Å². The predicted octanol–water partition coefficient (Wildman–Crippen LogP) is 8.77. The van der Waals surface area contributed by atoms with Crippen molar-refractivity contribution in [3.8, 4) is 0 Å². The van der Waals surface area contributed by atoms with E-state index in [1.165, 1.54) is 5.57 Å². The van der Waals surface area contributed by atoms with Crippen LogP contribution in [0.2, 0.25) is 0 Å². The van der Waals surface area contributed by atoms with Crippen molar-refractivity contribution in [1.82, 2.24) is 10.6 Å². The highest BCUT2D eigenvalue weighted by atomic mass is 16.5. The van der Waals surface area contributed by atoms with Crippen LogP contribution in [0.25, 0.3) is 0 Å². The second-order valence-electron chi connectivity index (χ2n) is 22.4. The predicted molar refractivity (Wildman–Crippen MR) is 221 cm³/mol. The minimum atomic E-state index is -0.961. The molecule has 0 unspecified atom stereocenters. The van der Waals surface area contributed by atoms with Crippen molar-refractivity contribution in [1.29, 1.82) is 0 Å². The number of benzene rings is 1. The van der Waals surface area contributed by atoms with Crippen molar-refractivity contribution in [3.05, 3.63) is 46.5 Å². The molecule has 0 radical (unpaired) electrons. The maximum absolute atomic E-state index is 14.4. The number of hydrogen-bond donors (Lipinski definition) is 3. The van der Waals surface area contributed by atoms with Gasteiger partial charge >= 0.3 is 11.9 Å². The number of amides is 2. The molecule has 8 rings (SSSR count). The minimum absolute atomic E-state index is 0.000811. The first kappa shape index (κ1) is 41.3. The van der Waals surface area contributed by atoms with Crippen molar-refractivity contribution in [2.45, 2.75) is 163 Å². The summed E-state index contributed by atoms with van der Waals surface area (Å²) in [5.41, 5.74) is 1.09. The van der Waals surface area contributed by atoms with Crippen molar-refractivity contribution in [2.24, 2.45) is 62.6 Å². The summed E-state index contributed by atoms with van der Waals surface area (Å²) >= 11 is 0. The summed E-state index contributed by atoms with van der Waals surface area (Å²) in [6, 6.07) is 7.41. The second-order valence-corrected chi connectivity index (χ2v) is 22.4. The molecule has 0 aliphatic heterocycles. The van der Waals surface area contributed by atoms with Crippen molar-refractivity contribution >= 4 is 29.5 Å². The zero-order valence-electron chi connectivity index (χ0n) is 36.7. The summed E-state index contributed by atoms with van der Waals surface area (Å²) in [6.45, 7) is 22.1. The molecule has 58 heavy (non-hydrogen) atoms. The molecule has 1 aromatic rings. The minimum Gasteiger partial charge on any atom is -0.481 e. The zero-order valence-corrected chi connectivity index (χ0v) is 36.7. The molecule has 7 aliphatic carbocycles. The molecule has 6 saturated carbocycles. The normalized spacial score (nSPS) is 40.2. The fourth-order valence-electron chi connectivity index (χ4n) is 14.8. The van der Waals surface area contributed by atoms with Gasteiger partial charge in [-0.15, -0.1) is 0 Å². The second kappa shape index (κ2) is 13.3. The largest absolute Gasteiger partial charge is 0.481 e. The van der Waals surface area contributed by atoms with E-state index >= 15 is 0 Å². The molecule has 1 aromatic carbocycles. The third kappa shape index (κ3) is 5.76. The van der Waals surface area contributed by atoms with Gasteiger partial charge in [0, 0.05) is 17.4 Å². The van der Waals surface area contributed by atoms with Gasteiger partial charge < -0.3 is 20.5 Å². The summed E-state index contributed by atoms with van der Waals surface area (Å²) in [5, 5.41) is 16.3. The molecular formula is C49H68N2O7. The van der Waals surface area contributed by atoms with E-state index in [2.05, 4.69) is 59.1 Å². The number of hydrogen-bond acceptors (Lipinski definition) is 6. The number of aliphatic carboxylic acids is 1. The van der Waals surface area contributed by atoms with Gasteiger partial charge in [0.05, 0.1) is 17.4 Å². The molecule has 0 bridgehead atoms. The van der Waals surface area contributed by atoms with Gasteiger partial charge in [0.1, 0.15) is 11.6 Å². The molecule has 6 fully saturated rings. The molecule has 2 amide bonds. The first-order valence-corrected chi connectivity index (χ1v) is 22.4. The van der Waals surface area contributed by atoms with Crippen LogP contribution >= 0.6 is 0 Å². The Labute approximate surface area is 345 Å². The Bertz CT molecular complexity index is 1970. The molecule has 316 valence electrons. The monoisotopic (exact) mass is 797 g/mol. The van der Waals surface area contributed by atoms with Crippen molar-refractivity contribution in [3.63, 3.8) is 0 Å². The van der Waals surface area contributed by atoms with Crippen LogP contribution in [0.15, 0.2) is 35.4 Å². The molecule has 10 atom stereocenters. The van der Waals surface area contributed by atoms with Gasteiger partial charge in [-0.25, -0.2) is 0 Å². The van der Waals surface area contributed by atoms with E-state index in [-0.39, 0.29) is 63.2 Å². The number of carboxylic acid groups (broad SMARTS) is 1. The highest BCUT2D eigenvalue weighted by Crippen LogP contribution is 2.76. The lowest BCUT2D eigenvalue weighted by Crippen LogP contribution is -2.68. The Hall–Kier alpha value is -3.49. The average molecular weight is 797 g/mol. The van der Waals surface area contributed by atoms with Gasteiger partial charge in [-0.05, 0) is 146 Å². The lowest BCUT2D eigenvalue weighted by atomic mass is 9.33. The number of aryl methyl sites for hydroxylation is 1. The SMILES string of the molecule is Cc1ccc(C(=O)NC2(C(=O)N[C@@]34CC[C@]5(C)[C@H](CC[C@@H]6[C@@]7(C)CC[C@H](OC(=O)[C@H]8C[C@@H](C(=O)O)C8(C)C)C(C)(C)[C@@H]7CC[C@]65C)C3=C(C(C)C)C(=O)C4)CC2)cc1. The summed E-state index contributed by atoms with van der Waals surface area (Å²) in [7, 11) is 0. The van der Waals surface area contributed by atoms with Crippen molar-refractivity contribution in [2.75, 3.05) is 0 Å². The molecule has 0 saturated heterocycles. The summed E-state index contributed by atoms with van der Waals surface area (Å²) in [5.74, 6) is -1.25. The number of nitrogens with one attached hydrogen (secondary N) is 2. The molecule has 9 heteroatoms. The van der Waals surface area contributed by atoms with Crippen LogP contribution in [0.1, 0.15) is 155 Å².